The van der Waals surface area contributed by atoms with E-state index < -0.39 is 302 Å². The van der Waals surface area contributed by atoms with Gasteiger partial charge >= 0.3 is 11.9 Å². The monoisotopic (exact) mass is 1920 g/mol. The van der Waals surface area contributed by atoms with Crippen LogP contribution in [0.1, 0.15) is 272 Å². The molecule has 0 aliphatic carbocycles. The third kappa shape index (κ3) is 35.9. The van der Waals surface area contributed by atoms with Crippen LogP contribution in [0.2, 0.25) is 0 Å². The van der Waals surface area contributed by atoms with Gasteiger partial charge in [-0.2, -0.15) is 0 Å². The van der Waals surface area contributed by atoms with E-state index in [1.807, 2.05) is 0 Å². The fourth-order valence-corrected chi connectivity index (χ4v) is 18.2. The molecule has 133 heavy (non-hydrogen) atoms. The molecule has 42 nitrogen and oxygen atoms in total. The largest absolute Gasteiger partial charge is 0.477 e. The smallest absolute Gasteiger partial charge is 0.364 e. The van der Waals surface area contributed by atoms with Crippen molar-refractivity contribution >= 4 is 35.4 Å². The number of ether oxygens (including phenoxy) is 12. The lowest BCUT2D eigenvalue weighted by atomic mass is 9.86. The summed E-state index contributed by atoms with van der Waals surface area (Å²) in [5.41, 5.74) is 0. The van der Waals surface area contributed by atoms with Crippen LogP contribution in [0.15, 0.2) is 12.2 Å². The fraction of sp³-hybridized carbons (Fsp3) is 0.912. The van der Waals surface area contributed by atoms with Crippen LogP contribution in [0, 0.1) is 5.92 Å². The molecular weight excluding hydrogens is 1760 g/mol. The molecule has 0 bridgehead atoms. The van der Waals surface area contributed by atoms with Crippen molar-refractivity contribution in [3.05, 3.63) is 12.2 Å². The Hall–Kier alpha value is -4.48. The average molecular weight is 1920 g/mol. The van der Waals surface area contributed by atoms with Gasteiger partial charge in [-0.1, -0.05) is 199 Å². The van der Waals surface area contributed by atoms with Crippen LogP contribution >= 0.6 is 0 Å². The number of nitrogens with one attached hydrogen (secondary N) is 3. The van der Waals surface area contributed by atoms with Crippen molar-refractivity contribution in [1.29, 1.82) is 0 Å². The van der Waals surface area contributed by atoms with Gasteiger partial charge in [0.05, 0.1) is 88.8 Å². The van der Waals surface area contributed by atoms with Crippen molar-refractivity contribution < 1.29 is 193 Å². The maximum absolute atomic E-state index is 14.1. The van der Waals surface area contributed by atoms with Crippen LogP contribution < -0.4 is 16.0 Å². The van der Waals surface area contributed by atoms with Gasteiger partial charge in [-0.05, 0) is 45.4 Å². The maximum atomic E-state index is 14.1. The van der Waals surface area contributed by atoms with Gasteiger partial charge in [-0.15, -0.1) is 0 Å². The molecule has 6 aliphatic rings. The van der Waals surface area contributed by atoms with Crippen LogP contribution in [0.25, 0.3) is 0 Å². The van der Waals surface area contributed by atoms with E-state index in [9.17, 15) is 136 Å². The van der Waals surface area contributed by atoms with Gasteiger partial charge in [0.1, 0.15) is 128 Å². The number of carboxylic acid groups (broad SMARTS) is 2. The van der Waals surface area contributed by atoms with Crippen molar-refractivity contribution in [2.24, 2.45) is 5.92 Å². The molecule has 6 saturated heterocycles. The van der Waals surface area contributed by atoms with Crippen LogP contribution in [-0.4, -0.2) is 390 Å². The summed E-state index contributed by atoms with van der Waals surface area (Å²) in [6.45, 7) is -0.524. The minimum Gasteiger partial charge on any atom is -0.477 e. The molecule has 34 atom stereocenters. The number of amides is 3. The van der Waals surface area contributed by atoms with E-state index in [4.69, 9.17) is 56.8 Å². The Bertz CT molecular complexity index is 3310. The Balaban J connectivity index is 1.25. The zero-order valence-corrected chi connectivity index (χ0v) is 78.0. The van der Waals surface area contributed by atoms with Gasteiger partial charge in [-0.25, -0.2) is 9.59 Å². The topological polar surface area (TPSA) is 674 Å². The zero-order chi connectivity index (χ0) is 98.1. The molecule has 774 valence electrons. The molecule has 24 N–H and O–H groups in total. The summed E-state index contributed by atoms with van der Waals surface area (Å²) in [5.74, 6) is -16.0. The number of carbonyl (C=O) groups is 6. The van der Waals surface area contributed by atoms with Crippen LogP contribution in [-0.2, 0) is 85.6 Å². The summed E-state index contributed by atoms with van der Waals surface area (Å²) in [5, 5.41) is 246. The highest BCUT2D eigenvalue weighted by atomic mass is 16.8. The van der Waals surface area contributed by atoms with E-state index in [0.29, 0.717) is 12.8 Å². The summed E-state index contributed by atoms with van der Waals surface area (Å²) < 4.78 is 72.9. The van der Waals surface area contributed by atoms with Gasteiger partial charge in [0.15, 0.2) is 25.2 Å². The van der Waals surface area contributed by atoms with Crippen molar-refractivity contribution in [2.45, 2.75) is 474 Å². The number of aliphatic hydroxyl groups is 19. The zero-order valence-electron chi connectivity index (χ0n) is 78.0. The van der Waals surface area contributed by atoms with E-state index in [1.54, 1.807) is 0 Å². The second-order valence-electron chi connectivity index (χ2n) is 36.7. The molecule has 2 unspecified atom stereocenters. The molecule has 0 aromatic carbocycles. The van der Waals surface area contributed by atoms with Crippen molar-refractivity contribution in [2.75, 3.05) is 46.2 Å². The lowest BCUT2D eigenvalue weighted by Crippen LogP contribution is -2.71. The number of aliphatic carboxylic acids is 2. The summed E-state index contributed by atoms with van der Waals surface area (Å²) in [4.78, 5) is 79.9. The Morgan fingerprint density at radius 3 is 1.20 bits per heavy atom. The van der Waals surface area contributed by atoms with Crippen LogP contribution in [0.4, 0.5) is 0 Å². The van der Waals surface area contributed by atoms with Gasteiger partial charge in [0, 0.05) is 45.4 Å². The van der Waals surface area contributed by atoms with Gasteiger partial charge in [0.25, 0.3) is 11.6 Å². The highest BCUT2D eigenvalue weighted by Gasteiger charge is 2.64. The minimum absolute atomic E-state index is 0.118. The molecule has 0 radical (unpaired) electrons. The molecular formula is C91H161N3O39. The predicted octanol–water partition coefficient (Wildman–Crippen LogP) is -0.437. The lowest BCUT2D eigenvalue weighted by molar-refractivity contribution is -0.408. The van der Waals surface area contributed by atoms with Crippen LogP contribution in [0.3, 0.4) is 0 Å². The second-order valence-corrected chi connectivity index (χ2v) is 36.7. The van der Waals surface area contributed by atoms with E-state index >= 15 is 0 Å². The number of carbonyl (C=O) groups excluding carboxylic acids is 4. The molecule has 3 amide bonds. The number of Topliss-reactive ketones (excluding diaryl/α,β-unsaturated/α-hetero) is 1. The second kappa shape index (κ2) is 61.3. The molecule has 0 saturated carbocycles. The number of ketones is 1. The van der Waals surface area contributed by atoms with Gasteiger partial charge < -0.3 is 185 Å². The van der Waals surface area contributed by atoms with Gasteiger partial charge in [0.2, 0.25) is 17.7 Å². The first-order valence-electron chi connectivity index (χ1n) is 48.4. The Morgan fingerprint density at radius 1 is 0.406 bits per heavy atom. The maximum Gasteiger partial charge on any atom is 0.364 e. The highest BCUT2D eigenvalue weighted by molar-refractivity contribution is 5.78. The number of hydrogen-bond donors (Lipinski definition) is 24. The van der Waals surface area contributed by atoms with Crippen molar-refractivity contribution in [3.63, 3.8) is 0 Å². The predicted molar refractivity (Wildman–Crippen MR) is 469 cm³/mol. The van der Waals surface area contributed by atoms with Gasteiger partial charge in [-0.3, -0.25) is 14.4 Å². The fourth-order valence-electron chi connectivity index (χ4n) is 18.2. The standard InChI is InChI=1S/C91H161N3O39/c1-6-8-10-12-14-16-18-20-21-22-23-24-25-26-27-29-31-33-35-37-39-41-66(109)94-56(57(104)40-38-36-34-32-30-28-19-17-15-13-11-9-7-2)51-122-85-74(115)73(114)78(64(49-99)125-85)128-87-76(117)83(133-91(89(120)121)44-59(106)68(93-54(5)103)81(131-91)70(111)61(108)46-96)79(65(50-100)126-87)129-84-55(42-52(3)101)77(71(112)62(47-97)123-84)127-86-75(116)82(72(113)63(48-98)124-86)132-90(88(118)119)43-58(105)67(92-53(4)102)80(130-90)69(110)60(107)45-95/h20-21,55-65,67-87,95-100,104-108,110-117H,6-19,22-51H2,1-5H3,(H,92,102)(H,93,103)(H,94,109)(H,118,119)(H,120,121)/b21-20-/t55-,56+,57-,58+,59+,60-,61-,62-,63-,64-,65-,67-,68-,69-,70-,71+,72+,73-,74-,75-,76-,77-,78-,79+,80?,81?,82+,83-,84+,85-,86+,87+,90+,91+/m1/s1. The first-order chi connectivity index (χ1) is 63.6. The van der Waals surface area contributed by atoms with E-state index in [1.165, 1.54) is 116 Å². The molecule has 0 spiro atoms. The first kappa shape index (κ1) is 117. The number of carboxylic acids is 2. The molecule has 0 aromatic heterocycles. The Labute approximate surface area is 779 Å². The summed E-state index contributed by atoms with van der Waals surface area (Å²) in [6, 6.07) is -4.69. The van der Waals surface area contributed by atoms with E-state index in [0.717, 1.165) is 97.8 Å². The van der Waals surface area contributed by atoms with E-state index in [-0.39, 0.29) is 18.7 Å². The Morgan fingerprint density at radius 2 is 0.774 bits per heavy atom. The number of allylic oxidation sites excluding steroid dienone is 2. The number of aliphatic hydroxyl groups excluding tert-OH is 19. The molecule has 6 rings (SSSR count). The lowest BCUT2D eigenvalue weighted by Gasteiger charge is -2.53. The number of hydrogen-bond acceptors (Lipinski definition) is 37. The molecule has 0 aromatic rings. The molecule has 6 aliphatic heterocycles. The normalized spacial score (nSPS) is 34.1. The summed E-state index contributed by atoms with van der Waals surface area (Å²) in [7, 11) is 0. The third-order valence-electron chi connectivity index (χ3n) is 25.9. The summed E-state index contributed by atoms with van der Waals surface area (Å²) >= 11 is 0. The molecule has 6 fully saturated rings. The third-order valence-corrected chi connectivity index (χ3v) is 25.9. The average Bonchev–Trinajstić information content (AvgIpc) is 0.752. The number of rotatable bonds is 66. The molecule has 42 heteroatoms. The SMILES string of the molecule is CCCCCCCC/C=C\CCCCCCCCCCCCCC(=O)N[C@@H](CO[C@@H]1O[C@H](CO)[C@@H](O[C@@H]2O[C@H](CO)[C@H](O[C@@H]3O[C@H](CO)[C@H](O)[C@H](O[C@@H]4O[C@H](CO)[C@H](O)[C@H](O[C@]5(C(=O)O)C[C@H](O)[C@@H](NC(C)=O)C([C@H](O)[C@H](O)CO)O5)[C@H]4O)[C@H]3CC(C)=O)[C@H](O[C@]3(C(=O)O)C[C@H](O)[C@@H](NC(C)=O)C([C@H](O)[C@H](O)CO)O3)[C@H]2O)[C@H](O)[C@H]1O)[C@H](O)CCCCCCCCCCCCCCC. The minimum atomic E-state index is -3.48. The molecule has 6 heterocycles. The van der Waals surface area contributed by atoms with Crippen LogP contribution in [0.5, 0.6) is 0 Å². The van der Waals surface area contributed by atoms with Crippen molar-refractivity contribution in [3.8, 4) is 0 Å². The van der Waals surface area contributed by atoms with E-state index in [2.05, 4.69) is 41.9 Å². The quantitative estimate of drug-likeness (QED) is 0.0271. The van der Waals surface area contributed by atoms with Crippen molar-refractivity contribution in [1.82, 2.24) is 16.0 Å². The first-order valence-corrected chi connectivity index (χ1v) is 48.4. The Kier molecular flexibility index (Phi) is 54.0. The highest BCUT2D eigenvalue weighted by Crippen LogP contribution is 2.45. The summed E-state index contributed by atoms with van der Waals surface area (Å²) in [6.07, 6.45) is -24.6. The number of unbranched alkanes of at least 4 members (excludes halogenated alkanes) is 29.